The lowest BCUT2D eigenvalue weighted by Gasteiger charge is -2.16. The molecule has 1 heterocycles. The number of nitrogens with zero attached hydrogens (tertiary/aromatic N) is 2. The molecule has 1 saturated heterocycles. The molecule has 1 atom stereocenters. The lowest BCUT2D eigenvalue weighted by Crippen LogP contribution is -2.30. The molecule has 0 radical (unpaired) electrons. The Kier molecular flexibility index (Phi) is 5.58. The monoisotopic (exact) mass is 486 g/mol. The minimum atomic E-state index is -3.98. The van der Waals surface area contributed by atoms with Crippen LogP contribution in [-0.4, -0.2) is 19.5 Å². The van der Waals surface area contributed by atoms with Gasteiger partial charge < -0.3 is 0 Å². The number of rotatable bonds is 4. The smallest absolute Gasteiger partial charge is 0.272 e. The zero-order chi connectivity index (χ0) is 20.4. The van der Waals surface area contributed by atoms with Gasteiger partial charge in [-0.3, -0.25) is 9.69 Å². The summed E-state index contributed by atoms with van der Waals surface area (Å²) in [5.41, 5.74) is 1.38. The number of halogens is 1. The van der Waals surface area contributed by atoms with Crippen LogP contribution >= 0.6 is 27.7 Å². The molecule has 0 N–H and O–H groups in total. The molecule has 1 amide bonds. The van der Waals surface area contributed by atoms with Crippen molar-refractivity contribution in [1.82, 2.24) is 0 Å². The molecule has 0 aliphatic carbocycles. The van der Waals surface area contributed by atoms with E-state index in [1.807, 2.05) is 36.4 Å². The first-order valence-electron chi connectivity index (χ1n) is 8.67. The zero-order valence-electron chi connectivity index (χ0n) is 15.0. The Labute approximate surface area is 181 Å². The van der Waals surface area contributed by atoms with Gasteiger partial charge in [0.25, 0.3) is 15.9 Å². The van der Waals surface area contributed by atoms with E-state index in [4.69, 9.17) is 0 Å². The lowest BCUT2D eigenvalue weighted by molar-refractivity contribution is -0.117. The van der Waals surface area contributed by atoms with Crippen LogP contribution in [0.2, 0.25) is 0 Å². The topological polar surface area (TPSA) is 66.8 Å². The molecule has 1 fully saturated rings. The van der Waals surface area contributed by atoms with Gasteiger partial charge in [-0.25, -0.2) is 0 Å². The van der Waals surface area contributed by atoms with E-state index in [-0.39, 0.29) is 16.0 Å². The highest BCUT2D eigenvalue weighted by molar-refractivity contribution is 9.10. The SMILES string of the molecule is O=C1C(c2ccccc2)SC(=NS(=O)(=O)c2ccc(Br)cc2)N1c1ccccc1. The van der Waals surface area contributed by atoms with Crippen molar-refractivity contribution in [3.05, 3.63) is 95.0 Å². The van der Waals surface area contributed by atoms with Crippen molar-refractivity contribution in [2.24, 2.45) is 4.40 Å². The molecule has 0 saturated carbocycles. The number of carbonyl (C=O) groups excluding carboxylic acids is 1. The zero-order valence-corrected chi connectivity index (χ0v) is 18.2. The highest BCUT2D eigenvalue weighted by atomic mass is 79.9. The van der Waals surface area contributed by atoms with Crippen LogP contribution in [0.3, 0.4) is 0 Å². The number of amides is 1. The van der Waals surface area contributed by atoms with Gasteiger partial charge in [-0.2, -0.15) is 8.42 Å². The largest absolute Gasteiger partial charge is 0.284 e. The van der Waals surface area contributed by atoms with Crippen LogP contribution in [-0.2, 0) is 14.8 Å². The molecule has 4 rings (SSSR count). The van der Waals surface area contributed by atoms with Crippen LogP contribution in [0.4, 0.5) is 5.69 Å². The maximum Gasteiger partial charge on any atom is 0.284 e. The van der Waals surface area contributed by atoms with Gasteiger partial charge in [-0.15, -0.1) is 4.40 Å². The number of benzene rings is 3. The fourth-order valence-corrected chi connectivity index (χ4v) is 5.51. The van der Waals surface area contributed by atoms with Crippen LogP contribution in [0.15, 0.2) is 98.7 Å². The van der Waals surface area contributed by atoms with Gasteiger partial charge in [-0.05, 0) is 42.0 Å². The van der Waals surface area contributed by atoms with Crippen molar-refractivity contribution < 1.29 is 13.2 Å². The number of carbonyl (C=O) groups is 1. The first-order valence-corrected chi connectivity index (χ1v) is 11.8. The third-order valence-electron chi connectivity index (χ3n) is 4.29. The molecule has 1 unspecified atom stereocenters. The van der Waals surface area contributed by atoms with Crippen LogP contribution in [0.5, 0.6) is 0 Å². The van der Waals surface area contributed by atoms with Gasteiger partial charge in [0.05, 0.1) is 10.6 Å². The minimum Gasteiger partial charge on any atom is -0.272 e. The number of para-hydroxylation sites is 1. The van der Waals surface area contributed by atoms with Gasteiger partial charge in [0.1, 0.15) is 5.25 Å². The Morgan fingerprint density at radius 1 is 0.862 bits per heavy atom. The Morgan fingerprint density at radius 3 is 2.07 bits per heavy atom. The van der Waals surface area contributed by atoms with Crippen LogP contribution in [0.25, 0.3) is 0 Å². The van der Waals surface area contributed by atoms with Gasteiger partial charge in [0.15, 0.2) is 5.17 Å². The fourth-order valence-electron chi connectivity index (χ4n) is 2.90. The fraction of sp³-hybridized carbons (Fsp3) is 0.0476. The number of amidine groups is 1. The second-order valence-corrected chi connectivity index (χ2v) is 9.81. The molecular formula is C21H15BrN2O3S2. The highest BCUT2D eigenvalue weighted by Gasteiger charge is 2.41. The van der Waals surface area contributed by atoms with E-state index >= 15 is 0 Å². The first-order chi connectivity index (χ1) is 14.0. The summed E-state index contributed by atoms with van der Waals surface area (Å²) in [4.78, 5) is 14.6. The summed E-state index contributed by atoms with van der Waals surface area (Å²) in [6, 6.07) is 24.5. The molecular weight excluding hydrogens is 472 g/mol. The number of sulfonamides is 1. The molecule has 3 aromatic rings. The molecule has 0 spiro atoms. The first kappa shape index (κ1) is 19.9. The summed E-state index contributed by atoms with van der Waals surface area (Å²) >= 11 is 4.43. The van der Waals surface area contributed by atoms with Crippen molar-refractivity contribution >= 4 is 54.5 Å². The summed E-state index contributed by atoms with van der Waals surface area (Å²) in [5, 5.41) is -0.423. The molecule has 0 aromatic heterocycles. The van der Waals surface area contributed by atoms with E-state index in [9.17, 15) is 13.2 Å². The average Bonchev–Trinajstić information content (AvgIpc) is 3.05. The molecule has 3 aromatic carbocycles. The van der Waals surface area contributed by atoms with E-state index in [2.05, 4.69) is 20.3 Å². The quantitative estimate of drug-likeness (QED) is 0.519. The van der Waals surface area contributed by atoms with Gasteiger partial charge in [0.2, 0.25) is 0 Å². The summed E-state index contributed by atoms with van der Waals surface area (Å²) in [6.45, 7) is 0. The van der Waals surface area contributed by atoms with Crippen LogP contribution in [0, 0.1) is 0 Å². The molecule has 146 valence electrons. The van der Waals surface area contributed by atoms with E-state index < -0.39 is 15.3 Å². The maximum absolute atomic E-state index is 13.2. The Hall–Kier alpha value is -2.42. The van der Waals surface area contributed by atoms with Crippen LogP contribution < -0.4 is 4.90 Å². The van der Waals surface area contributed by atoms with Gasteiger partial charge in [-0.1, -0.05) is 76.2 Å². The van der Waals surface area contributed by atoms with Gasteiger partial charge >= 0.3 is 0 Å². The molecule has 1 aliphatic heterocycles. The lowest BCUT2D eigenvalue weighted by atomic mass is 10.1. The predicted octanol–water partition coefficient (Wildman–Crippen LogP) is 5.02. The van der Waals surface area contributed by atoms with E-state index in [0.717, 1.165) is 21.8 Å². The average molecular weight is 487 g/mol. The standard InChI is InChI=1S/C21H15BrN2O3S2/c22-16-11-13-18(14-12-16)29(26,27)23-21-24(17-9-5-2-6-10-17)20(25)19(28-21)15-7-3-1-4-8-15/h1-14,19H. The molecule has 8 heteroatoms. The second-order valence-electron chi connectivity index (χ2n) is 6.22. The highest BCUT2D eigenvalue weighted by Crippen LogP contribution is 2.42. The summed E-state index contributed by atoms with van der Waals surface area (Å²) < 4.78 is 30.5. The van der Waals surface area contributed by atoms with Crippen molar-refractivity contribution in [2.75, 3.05) is 4.90 Å². The minimum absolute atomic E-state index is 0.0671. The second kappa shape index (κ2) is 8.14. The number of thioether (sulfide) groups is 1. The maximum atomic E-state index is 13.2. The normalized spacial score (nSPS) is 18.4. The molecule has 0 bridgehead atoms. The third kappa shape index (κ3) is 4.14. The number of hydrogen-bond donors (Lipinski definition) is 0. The Bertz CT molecular complexity index is 1170. The van der Waals surface area contributed by atoms with Gasteiger partial charge in [0, 0.05) is 4.47 Å². The molecule has 1 aliphatic rings. The Balaban J connectivity index is 1.79. The van der Waals surface area contributed by atoms with Crippen molar-refractivity contribution in [2.45, 2.75) is 10.1 Å². The van der Waals surface area contributed by atoms with Crippen molar-refractivity contribution in [1.29, 1.82) is 0 Å². The van der Waals surface area contributed by atoms with E-state index in [1.54, 1.807) is 36.4 Å². The Morgan fingerprint density at radius 2 is 1.45 bits per heavy atom. The summed E-state index contributed by atoms with van der Waals surface area (Å²) in [6.07, 6.45) is 0. The number of hydrogen-bond acceptors (Lipinski definition) is 4. The van der Waals surface area contributed by atoms with Crippen molar-refractivity contribution in [3.63, 3.8) is 0 Å². The molecule has 5 nitrogen and oxygen atoms in total. The number of anilines is 1. The predicted molar refractivity (Wildman–Crippen MR) is 119 cm³/mol. The summed E-state index contributed by atoms with van der Waals surface area (Å²) in [7, 11) is -3.98. The summed E-state index contributed by atoms with van der Waals surface area (Å²) in [5.74, 6) is -0.225. The third-order valence-corrected chi connectivity index (χ3v) is 7.41. The van der Waals surface area contributed by atoms with E-state index in [1.165, 1.54) is 17.0 Å². The van der Waals surface area contributed by atoms with Crippen molar-refractivity contribution in [3.8, 4) is 0 Å². The molecule has 29 heavy (non-hydrogen) atoms. The van der Waals surface area contributed by atoms with E-state index in [0.29, 0.717) is 5.69 Å². The van der Waals surface area contributed by atoms with Crippen LogP contribution in [0.1, 0.15) is 10.8 Å².